The van der Waals surface area contributed by atoms with Crippen molar-refractivity contribution in [3.8, 4) is 0 Å². The fraction of sp³-hybridized carbons (Fsp3) is 0.824. The van der Waals surface area contributed by atoms with Crippen LogP contribution in [0.1, 0.15) is 52.9 Å². The molecular formula is C17H31N3O3. The smallest absolute Gasteiger partial charge is 0.288 e. The second kappa shape index (κ2) is 10.4. The molecule has 1 heterocycles. The molecule has 1 rings (SSSR count). The molecule has 0 spiro atoms. The molecule has 0 aromatic rings. The number of amides is 2. The first kappa shape index (κ1) is 19.6. The molecule has 1 aliphatic rings. The topological polar surface area (TPSA) is 78.5 Å². The lowest BCUT2D eigenvalue weighted by molar-refractivity contribution is -0.139. The number of Topliss-reactive ketones (excluding diaryl/α,β-unsaturated/α-hetero) is 1. The van der Waals surface area contributed by atoms with Gasteiger partial charge in [-0.1, -0.05) is 26.7 Å². The van der Waals surface area contributed by atoms with Crippen LogP contribution in [-0.4, -0.2) is 54.7 Å². The lowest BCUT2D eigenvalue weighted by Gasteiger charge is -2.26. The SMILES string of the molecule is CCC(C)CC(=O)C(=O)N[C@H](C)C(=O)NCCN1CCCCC1. The molecule has 0 aliphatic carbocycles. The van der Waals surface area contributed by atoms with Crippen LogP contribution in [0.15, 0.2) is 0 Å². The maximum absolute atomic E-state index is 12.0. The summed E-state index contributed by atoms with van der Waals surface area (Å²) >= 11 is 0. The van der Waals surface area contributed by atoms with Gasteiger partial charge in [-0.25, -0.2) is 0 Å². The molecule has 0 saturated carbocycles. The van der Waals surface area contributed by atoms with E-state index in [0.717, 1.165) is 26.1 Å². The van der Waals surface area contributed by atoms with E-state index in [1.165, 1.54) is 19.3 Å². The van der Waals surface area contributed by atoms with Gasteiger partial charge in [0.2, 0.25) is 11.7 Å². The summed E-state index contributed by atoms with van der Waals surface area (Å²) in [7, 11) is 0. The third kappa shape index (κ3) is 7.59. The van der Waals surface area contributed by atoms with Gasteiger partial charge in [-0.05, 0) is 38.8 Å². The van der Waals surface area contributed by atoms with E-state index in [1.54, 1.807) is 6.92 Å². The number of piperidine rings is 1. The van der Waals surface area contributed by atoms with Gasteiger partial charge in [0.25, 0.3) is 5.91 Å². The Kier molecular flexibility index (Phi) is 8.84. The molecule has 0 aromatic heterocycles. The van der Waals surface area contributed by atoms with Gasteiger partial charge in [-0.2, -0.15) is 0 Å². The lowest BCUT2D eigenvalue weighted by atomic mass is 10.0. The first-order chi connectivity index (χ1) is 10.9. The van der Waals surface area contributed by atoms with E-state index >= 15 is 0 Å². The number of nitrogens with zero attached hydrogens (tertiary/aromatic N) is 1. The number of likely N-dealkylation sites (tertiary alicyclic amines) is 1. The summed E-state index contributed by atoms with van der Waals surface area (Å²) in [5.74, 6) is -1.18. The summed E-state index contributed by atoms with van der Waals surface area (Å²) in [5.41, 5.74) is 0. The zero-order valence-corrected chi connectivity index (χ0v) is 14.7. The molecule has 1 fully saturated rings. The second-order valence-corrected chi connectivity index (χ2v) is 6.53. The minimum absolute atomic E-state index is 0.182. The normalized spacial score (nSPS) is 18.0. The second-order valence-electron chi connectivity index (χ2n) is 6.53. The first-order valence-electron chi connectivity index (χ1n) is 8.77. The Morgan fingerprint density at radius 2 is 1.74 bits per heavy atom. The highest BCUT2D eigenvalue weighted by atomic mass is 16.2. The van der Waals surface area contributed by atoms with Crippen molar-refractivity contribution in [1.29, 1.82) is 0 Å². The zero-order valence-electron chi connectivity index (χ0n) is 14.7. The van der Waals surface area contributed by atoms with Gasteiger partial charge in [0.05, 0.1) is 0 Å². The molecule has 2 N–H and O–H groups in total. The number of ketones is 1. The van der Waals surface area contributed by atoms with Gasteiger partial charge in [-0.3, -0.25) is 14.4 Å². The average molecular weight is 325 g/mol. The number of carbonyl (C=O) groups is 3. The highest BCUT2D eigenvalue weighted by Gasteiger charge is 2.21. The van der Waals surface area contributed by atoms with E-state index in [4.69, 9.17) is 0 Å². The van der Waals surface area contributed by atoms with Crippen molar-refractivity contribution in [2.45, 2.75) is 58.9 Å². The highest BCUT2D eigenvalue weighted by Crippen LogP contribution is 2.07. The summed E-state index contributed by atoms with van der Waals surface area (Å²) in [6.45, 7) is 9.10. The molecule has 0 bridgehead atoms. The quantitative estimate of drug-likeness (QED) is 0.622. The van der Waals surface area contributed by atoms with Crippen LogP contribution in [0.3, 0.4) is 0 Å². The van der Waals surface area contributed by atoms with Gasteiger partial charge in [0.1, 0.15) is 6.04 Å². The summed E-state index contributed by atoms with van der Waals surface area (Å²) in [4.78, 5) is 37.8. The van der Waals surface area contributed by atoms with Gasteiger partial charge < -0.3 is 15.5 Å². The Morgan fingerprint density at radius 3 is 2.35 bits per heavy atom. The molecule has 0 radical (unpaired) electrons. The van der Waals surface area contributed by atoms with Crippen LogP contribution < -0.4 is 10.6 Å². The molecule has 0 aromatic carbocycles. The highest BCUT2D eigenvalue weighted by molar-refractivity contribution is 6.36. The van der Waals surface area contributed by atoms with Crippen LogP contribution in [0.25, 0.3) is 0 Å². The molecule has 2 amide bonds. The van der Waals surface area contributed by atoms with Crippen LogP contribution in [0.2, 0.25) is 0 Å². The van der Waals surface area contributed by atoms with Gasteiger partial charge in [0.15, 0.2) is 0 Å². The van der Waals surface area contributed by atoms with Crippen LogP contribution in [0, 0.1) is 5.92 Å². The van der Waals surface area contributed by atoms with E-state index < -0.39 is 17.7 Å². The van der Waals surface area contributed by atoms with Crippen molar-refractivity contribution in [1.82, 2.24) is 15.5 Å². The number of hydrogen-bond donors (Lipinski definition) is 2. The predicted molar refractivity (Wildman–Crippen MR) is 90.0 cm³/mol. The molecule has 1 aliphatic heterocycles. The van der Waals surface area contributed by atoms with Crippen molar-refractivity contribution in [3.05, 3.63) is 0 Å². The zero-order chi connectivity index (χ0) is 17.2. The number of nitrogens with one attached hydrogen (secondary N) is 2. The summed E-state index contributed by atoms with van der Waals surface area (Å²) < 4.78 is 0. The third-order valence-corrected chi connectivity index (χ3v) is 4.40. The molecule has 6 heteroatoms. The van der Waals surface area contributed by atoms with Gasteiger partial charge in [0, 0.05) is 19.5 Å². The van der Waals surface area contributed by atoms with E-state index in [1.807, 2.05) is 13.8 Å². The summed E-state index contributed by atoms with van der Waals surface area (Å²) in [6, 6.07) is -0.690. The first-order valence-corrected chi connectivity index (χ1v) is 8.77. The average Bonchev–Trinajstić information content (AvgIpc) is 2.55. The van der Waals surface area contributed by atoms with Crippen LogP contribution in [0.4, 0.5) is 0 Å². The summed E-state index contributed by atoms with van der Waals surface area (Å²) in [6.07, 6.45) is 4.81. The Morgan fingerprint density at radius 1 is 1.09 bits per heavy atom. The number of carbonyl (C=O) groups excluding carboxylic acids is 3. The van der Waals surface area contributed by atoms with E-state index in [0.29, 0.717) is 6.54 Å². The largest absolute Gasteiger partial charge is 0.353 e. The van der Waals surface area contributed by atoms with Gasteiger partial charge >= 0.3 is 0 Å². The minimum Gasteiger partial charge on any atom is -0.353 e. The van der Waals surface area contributed by atoms with Crippen molar-refractivity contribution in [2.75, 3.05) is 26.2 Å². The molecule has 1 unspecified atom stereocenters. The maximum atomic E-state index is 12.0. The third-order valence-electron chi connectivity index (χ3n) is 4.40. The van der Waals surface area contributed by atoms with E-state index in [2.05, 4.69) is 15.5 Å². The molecule has 23 heavy (non-hydrogen) atoms. The molecule has 132 valence electrons. The standard InChI is InChI=1S/C17H31N3O3/c1-4-13(2)12-15(21)17(23)19-14(3)16(22)18-8-11-20-9-6-5-7-10-20/h13-14H,4-12H2,1-3H3,(H,18,22)(H,19,23)/t13?,14-/m1/s1. The van der Waals surface area contributed by atoms with Crippen LogP contribution >= 0.6 is 0 Å². The fourth-order valence-corrected chi connectivity index (χ4v) is 2.57. The number of hydrogen-bond acceptors (Lipinski definition) is 4. The predicted octanol–water partition coefficient (Wildman–Crippen LogP) is 1.10. The maximum Gasteiger partial charge on any atom is 0.288 e. The van der Waals surface area contributed by atoms with Crippen molar-refractivity contribution in [2.24, 2.45) is 5.92 Å². The molecule has 6 nitrogen and oxygen atoms in total. The van der Waals surface area contributed by atoms with Crippen LogP contribution in [-0.2, 0) is 14.4 Å². The molecule has 1 saturated heterocycles. The summed E-state index contributed by atoms with van der Waals surface area (Å²) in [5, 5.41) is 5.30. The van der Waals surface area contributed by atoms with Crippen molar-refractivity contribution in [3.63, 3.8) is 0 Å². The van der Waals surface area contributed by atoms with E-state index in [-0.39, 0.29) is 18.2 Å². The van der Waals surface area contributed by atoms with Crippen molar-refractivity contribution >= 4 is 17.6 Å². The number of rotatable bonds is 9. The minimum atomic E-state index is -0.690. The Hall–Kier alpha value is -1.43. The van der Waals surface area contributed by atoms with E-state index in [9.17, 15) is 14.4 Å². The lowest BCUT2D eigenvalue weighted by Crippen LogP contribution is -2.48. The van der Waals surface area contributed by atoms with Crippen LogP contribution in [0.5, 0.6) is 0 Å². The van der Waals surface area contributed by atoms with Gasteiger partial charge in [-0.15, -0.1) is 0 Å². The Bertz CT molecular complexity index is 406. The monoisotopic (exact) mass is 325 g/mol. The van der Waals surface area contributed by atoms with Crippen molar-refractivity contribution < 1.29 is 14.4 Å². The Labute approximate surface area is 139 Å². The molecule has 2 atom stereocenters. The molecular weight excluding hydrogens is 294 g/mol. The Balaban J connectivity index is 2.24. The fourth-order valence-electron chi connectivity index (χ4n) is 2.57.